The lowest BCUT2D eigenvalue weighted by molar-refractivity contribution is 1.28. The zero-order valence-electron chi connectivity index (χ0n) is 6.31. The fourth-order valence-corrected chi connectivity index (χ4v) is 1.56. The molecule has 0 aromatic rings. The average Bonchev–Trinajstić information content (AvgIpc) is 1.97. The molecule has 10 heavy (non-hydrogen) atoms. The molecule has 0 spiro atoms. The molecule has 0 aliphatic heterocycles. The van der Waals surface area contributed by atoms with Gasteiger partial charge in [-0.1, -0.05) is 37.0 Å². The van der Waals surface area contributed by atoms with Gasteiger partial charge in [-0.25, -0.2) is 0 Å². The summed E-state index contributed by atoms with van der Waals surface area (Å²) < 4.78 is 0. The molecule has 0 unspecified atom stereocenters. The predicted molar refractivity (Wildman–Crippen MR) is 50.0 cm³/mol. The third kappa shape index (κ3) is 7.98. The number of hydrogen-bond acceptors (Lipinski definition) is 0. The molecule has 0 atom stereocenters. The van der Waals surface area contributed by atoms with Crippen molar-refractivity contribution in [1.29, 1.82) is 0 Å². The normalized spacial score (nSPS) is 9.40. The molecule has 0 aliphatic carbocycles. The standard InChI is InChI=1S/C8H10P2/c1-3-5-7-9-10-8-6-4-2/h3-4H2,1-2H3. The molecule has 2 heteroatoms. The summed E-state index contributed by atoms with van der Waals surface area (Å²) >= 11 is 0. The minimum absolute atomic E-state index is 0.948. The van der Waals surface area contributed by atoms with Crippen LogP contribution in [-0.2, 0) is 0 Å². The van der Waals surface area contributed by atoms with Crippen LogP contribution in [0.4, 0.5) is 0 Å². The van der Waals surface area contributed by atoms with Crippen molar-refractivity contribution in [2.24, 2.45) is 0 Å². The molecule has 0 aliphatic rings. The van der Waals surface area contributed by atoms with Gasteiger partial charge < -0.3 is 0 Å². The molecule has 0 aromatic carbocycles. The van der Waals surface area contributed by atoms with Gasteiger partial charge in [0.1, 0.15) is 0 Å². The van der Waals surface area contributed by atoms with E-state index >= 15 is 0 Å². The first-order valence-electron chi connectivity index (χ1n) is 3.27. The molecular weight excluding hydrogens is 158 g/mol. The van der Waals surface area contributed by atoms with Crippen LogP contribution in [-0.4, -0.2) is 0 Å². The Morgan fingerprint density at radius 2 is 1.30 bits per heavy atom. The molecule has 0 saturated carbocycles. The summed E-state index contributed by atoms with van der Waals surface area (Å²) in [5, 5.41) is 0. The second kappa shape index (κ2) is 8.98. The topological polar surface area (TPSA) is 0 Å². The number of rotatable bonds is 1. The number of hydrogen-bond donors (Lipinski definition) is 0. The summed E-state index contributed by atoms with van der Waals surface area (Å²) in [5.74, 6) is 5.98. The Bertz CT molecular complexity index is 153. The van der Waals surface area contributed by atoms with E-state index in [0.29, 0.717) is 0 Å². The van der Waals surface area contributed by atoms with Crippen molar-refractivity contribution in [1.82, 2.24) is 0 Å². The van der Waals surface area contributed by atoms with E-state index in [9.17, 15) is 0 Å². The minimum atomic E-state index is 0.948. The van der Waals surface area contributed by atoms with Gasteiger partial charge in [0, 0.05) is 12.8 Å². The van der Waals surface area contributed by atoms with E-state index in [-0.39, 0.29) is 0 Å². The van der Waals surface area contributed by atoms with Crippen LogP contribution in [0.15, 0.2) is 0 Å². The summed E-state index contributed by atoms with van der Waals surface area (Å²) in [4.78, 5) is 0. The Balaban J connectivity index is 3.20. The predicted octanol–water partition coefficient (Wildman–Crippen LogP) is 3.54. The second-order valence-corrected chi connectivity index (χ2v) is 3.53. The van der Waals surface area contributed by atoms with E-state index in [1.807, 2.05) is 0 Å². The highest BCUT2D eigenvalue weighted by Crippen LogP contribution is 2.33. The smallest absolute Gasteiger partial charge is 0.0586 e. The molecule has 0 rings (SSSR count). The van der Waals surface area contributed by atoms with E-state index in [0.717, 1.165) is 29.4 Å². The van der Waals surface area contributed by atoms with E-state index in [1.54, 1.807) is 0 Å². The Hall–Kier alpha value is -0.0200. The molecule has 2 radical (unpaired) electrons. The van der Waals surface area contributed by atoms with E-state index < -0.39 is 0 Å². The summed E-state index contributed by atoms with van der Waals surface area (Å²) in [6.07, 6.45) is 1.90. The summed E-state index contributed by atoms with van der Waals surface area (Å²) in [7, 11) is 2.24. The minimum Gasteiger partial charge on any atom is -0.0981 e. The van der Waals surface area contributed by atoms with Crippen LogP contribution in [0, 0.1) is 23.2 Å². The Kier molecular flexibility index (Phi) is 8.96. The van der Waals surface area contributed by atoms with Crippen LogP contribution in [0.1, 0.15) is 26.7 Å². The van der Waals surface area contributed by atoms with Crippen molar-refractivity contribution in [3.05, 3.63) is 0 Å². The van der Waals surface area contributed by atoms with Crippen molar-refractivity contribution in [2.45, 2.75) is 26.7 Å². The van der Waals surface area contributed by atoms with E-state index in [4.69, 9.17) is 0 Å². The van der Waals surface area contributed by atoms with Crippen LogP contribution < -0.4 is 0 Å². The highest BCUT2D eigenvalue weighted by molar-refractivity contribution is 8.16. The molecule has 0 amide bonds. The van der Waals surface area contributed by atoms with Crippen molar-refractivity contribution >= 4 is 16.5 Å². The van der Waals surface area contributed by atoms with Crippen LogP contribution in [0.2, 0.25) is 0 Å². The maximum Gasteiger partial charge on any atom is 0.0586 e. The van der Waals surface area contributed by atoms with Crippen LogP contribution in [0.3, 0.4) is 0 Å². The SMILES string of the molecule is CCC#C[P][P]C#CCC. The van der Waals surface area contributed by atoms with E-state index in [2.05, 4.69) is 37.0 Å². The van der Waals surface area contributed by atoms with Gasteiger partial charge in [0.15, 0.2) is 0 Å². The second-order valence-electron chi connectivity index (χ2n) is 1.48. The first-order chi connectivity index (χ1) is 4.91. The first-order valence-corrected chi connectivity index (χ1v) is 5.76. The van der Waals surface area contributed by atoms with Gasteiger partial charge in [0.25, 0.3) is 0 Å². The van der Waals surface area contributed by atoms with Gasteiger partial charge in [-0.05, 0) is 0 Å². The summed E-state index contributed by atoms with van der Waals surface area (Å²) in [6, 6.07) is 0. The molecule has 0 aromatic heterocycles. The quantitative estimate of drug-likeness (QED) is 0.319. The van der Waals surface area contributed by atoms with Gasteiger partial charge in [0.05, 0.1) is 16.5 Å². The molecule has 52 valence electrons. The third-order valence-corrected chi connectivity index (χ3v) is 2.18. The Labute approximate surface area is 67.0 Å². The fourth-order valence-electron chi connectivity index (χ4n) is 0.279. The summed E-state index contributed by atoms with van der Waals surface area (Å²) in [5.41, 5.74) is 6.00. The highest BCUT2D eigenvalue weighted by Gasteiger charge is 1.74. The van der Waals surface area contributed by atoms with Crippen molar-refractivity contribution in [3.63, 3.8) is 0 Å². The molecule has 0 fully saturated rings. The molecule has 0 saturated heterocycles. The van der Waals surface area contributed by atoms with Gasteiger partial charge in [-0.2, -0.15) is 0 Å². The van der Waals surface area contributed by atoms with Crippen LogP contribution in [0.25, 0.3) is 0 Å². The first kappa shape index (κ1) is 9.98. The zero-order chi connectivity index (χ0) is 7.66. The van der Waals surface area contributed by atoms with Crippen LogP contribution in [0.5, 0.6) is 0 Å². The monoisotopic (exact) mass is 168 g/mol. The van der Waals surface area contributed by atoms with Gasteiger partial charge in [0.2, 0.25) is 0 Å². The van der Waals surface area contributed by atoms with Gasteiger partial charge in [-0.3, -0.25) is 0 Å². The third-order valence-electron chi connectivity index (χ3n) is 0.662. The maximum absolute atomic E-state index is 3.00. The fraction of sp³-hybridized carbons (Fsp3) is 0.500. The Morgan fingerprint density at radius 3 is 1.60 bits per heavy atom. The van der Waals surface area contributed by atoms with Gasteiger partial charge in [-0.15, -0.1) is 0 Å². The maximum atomic E-state index is 3.00. The zero-order valence-corrected chi connectivity index (χ0v) is 8.10. The lowest BCUT2D eigenvalue weighted by Crippen LogP contribution is -1.47. The lowest BCUT2D eigenvalue weighted by atomic mass is 10.5. The molecule has 0 nitrogen and oxygen atoms in total. The molecule has 0 N–H and O–H groups in total. The Morgan fingerprint density at radius 1 is 0.900 bits per heavy atom. The van der Waals surface area contributed by atoms with Crippen molar-refractivity contribution in [3.8, 4) is 23.2 Å². The largest absolute Gasteiger partial charge is 0.0981 e. The average molecular weight is 168 g/mol. The molecule has 0 heterocycles. The van der Waals surface area contributed by atoms with Crippen LogP contribution >= 0.6 is 16.5 Å². The van der Waals surface area contributed by atoms with Gasteiger partial charge >= 0.3 is 0 Å². The molecule has 0 bridgehead atoms. The highest BCUT2D eigenvalue weighted by atomic mass is 32.0. The van der Waals surface area contributed by atoms with E-state index in [1.165, 1.54) is 0 Å². The van der Waals surface area contributed by atoms with Crippen molar-refractivity contribution < 1.29 is 0 Å². The lowest BCUT2D eigenvalue weighted by Gasteiger charge is -1.74. The molecular formula is C8H10P2. The summed E-state index contributed by atoms with van der Waals surface area (Å²) in [6.45, 7) is 4.11. The van der Waals surface area contributed by atoms with Crippen molar-refractivity contribution in [2.75, 3.05) is 0 Å².